The Morgan fingerprint density at radius 2 is 2.07 bits per heavy atom. The first kappa shape index (κ1) is 12.0. The van der Waals surface area contributed by atoms with Gasteiger partial charge in [-0.05, 0) is 39.2 Å². The SMILES string of the molecule is CCNC(CCC1CC1)C(C)(C)OC. The molecule has 0 amide bonds. The molecule has 0 aliphatic heterocycles. The standard InChI is InChI=1S/C12H25NO/c1-5-13-11(12(2,3)14-4)9-8-10-6-7-10/h10-11,13H,5-9H2,1-4H3. The largest absolute Gasteiger partial charge is 0.377 e. The Balaban J connectivity index is 2.35. The number of methoxy groups -OCH3 is 1. The van der Waals surface area contributed by atoms with E-state index < -0.39 is 0 Å². The summed E-state index contributed by atoms with van der Waals surface area (Å²) >= 11 is 0. The zero-order valence-electron chi connectivity index (χ0n) is 10.1. The molecule has 1 N–H and O–H groups in total. The van der Waals surface area contributed by atoms with Gasteiger partial charge in [-0.1, -0.05) is 19.8 Å². The number of hydrogen-bond acceptors (Lipinski definition) is 2. The molecular formula is C12H25NO. The minimum absolute atomic E-state index is 0.0368. The van der Waals surface area contributed by atoms with Gasteiger partial charge in [-0.2, -0.15) is 0 Å². The van der Waals surface area contributed by atoms with Crippen molar-refractivity contribution in [2.24, 2.45) is 5.92 Å². The molecule has 84 valence electrons. The van der Waals surface area contributed by atoms with Crippen LogP contribution < -0.4 is 5.32 Å². The summed E-state index contributed by atoms with van der Waals surface area (Å²) in [6.07, 6.45) is 5.52. The van der Waals surface area contributed by atoms with E-state index in [2.05, 4.69) is 26.1 Å². The van der Waals surface area contributed by atoms with E-state index in [0.29, 0.717) is 6.04 Å². The highest BCUT2D eigenvalue weighted by Gasteiger charge is 2.30. The fourth-order valence-corrected chi connectivity index (χ4v) is 1.89. The van der Waals surface area contributed by atoms with Crippen LogP contribution >= 0.6 is 0 Å². The molecular weight excluding hydrogens is 174 g/mol. The maximum Gasteiger partial charge on any atom is 0.0774 e. The highest BCUT2D eigenvalue weighted by atomic mass is 16.5. The van der Waals surface area contributed by atoms with E-state index in [9.17, 15) is 0 Å². The van der Waals surface area contributed by atoms with Crippen molar-refractivity contribution in [2.75, 3.05) is 13.7 Å². The second-order valence-electron chi connectivity index (χ2n) is 4.94. The minimum Gasteiger partial charge on any atom is -0.377 e. The molecule has 14 heavy (non-hydrogen) atoms. The maximum atomic E-state index is 5.54. The molecule has 1 unspecified atom stereocenters. The fourth-order valence-electron chi connectivity index (χ4n) is 1.89. The second kappa shape index (κ2) is 5.13. The molecule has 1 aliphatic rings. The highest BCUT2D eigenvalue weighted by molar-refractivity contribution is 4.87. The molecule has 1 aliphatic carbocycles. The normalized spacial score (nSPS) is 19.7. The van der Waals surface area contributed by atoms with Crippen molar-refractivity contribution in [3.63, 3.8) is 0 Å². The number of likely N-dealkylation sites (N-methyl/N-ethyl adjacent to an activating group) is 1. The number of hydrogen-bond donors (Lipinski definition) is 1. The van der Waals surface area contributed by atoms with Gasteiger partial charge in [0.15, 0.2) is 0 Å². The van der Waals surface area contributed by atoms with Gasteiger partial charge in [0.25, 0.3) is 0 Å². The molecule has 0 heterocycles. The zero-order chi connectivity index (χ0) is 10.6. The van der Waals surface area contributed by atoms with Crippen molar-refractivity contribution in [1.29, 1.82) is 0 Å². The van der Waals surface area contributed by atoms with Gasteiger partial charge in [0.05, 0.1) is 5.60 Å². The van der Waals surface area contributed by atoms with Gasteiger partial charge in [0.2, 0.25) is 0 Å². The van der Waals surface area contributed by atoms with E-state index in [4.69, 9.17) is 4.74 Å². The molecule has 2 nitrogen and oxygen atoms in total. The lowest BCUT2D eigenvalue weighted by molar-refractivity contribution is -0.0129. The van der Waals surface area contributed by atoms with E-state index >= 15 is 0 Å². The fraction of sp³-hybridized carbons (Fsp3) is 1.00. The smallest absolute Gasteiger partial charge is 0.0774 e. The Kier molecular flexibility index (Phi) is 4.39. The van der Waals surface area contributed by atoms with Crippen molar-refractivity contribution in [3.8, 4) is 0 Å². The summed E-state index contributed by atoms with van der Waals surface area (Å²) in [6, 6.07) is 0.498. The third-order valence-corrected chi connectivity index (χ3v) is 3.38. The van der Waals surface area contributed by atoms with Crippen LogP contribution in [0.5, 0.6) is 0 Å². The summed E-state index contributed by atoms with van der Waals surface area (Å²) in [6.45, 7) is 7.54. The van der Waals surface area contributed by atoms with Gasteiger partial charge in [0.1, 0.15) is 0 Å². The Morgan fingerprint density at radius 3 is 2.50 bits per heavy atom. The van der Waals surface area contributed by atoms with Crippen LogP contribution in [0.1, 0.15) is 46.5 Å². The summed E-state index contributed by atoms with van der Waals surface area (Å²) in [5.41, 5.74) is -0.0368. The topological polar surface area (TPSA) is 21.3 Å². The van der Waals surface area contributed by atoms with Gasteiger partial charge in [0, 0.05) is 13.2 Å². The Labute approximate surface area is 88.4 Å². The molecule has 1 fully saturated rings. The van der Waals surface area contributed by atoms with Crippen molar-refractivity contribution in [2.45, 2.75) is 58.1 Å². The monoisotopic (exact) mass is 199 g/mol. The molecule has 2 heteroatoms. The molecule has 0 saturated heterocycles. The molecule has 1 atom stereocenters. The van der Waals surface area contributed by atoms with Crippen LogP contribution in [0.2, 0.25) is 0 Å². The van der Waals surface area contributed by atoms with Crippen LogP contribution in [-0.2, 0) is 4.74 Å². The summed E-state index contributed by atoms with van der Waals surface area (Å²) < 4.78 is 5.54. The molecule has 0 aromatic carbocycles. The molecule has 0 spiro atoms. The van der Waals surface area contributed by atoms with Crippen LogP contribution in [0.4, 0.5) is 0 Å². The molecule has 0 bridgehead atoms. The maximum absolute atomic E-state index is 5.54. The first-order valence-electron chi connectivity index (χ1n) is 5.88. The average molecular weight is 199 g/mol. The van der Waals surface area contributed by atoms with E-state index in [1.807, 2.05) is 7.11 Å². The van der Waals surface area contributed by atoms with Gasteiger partial charge in [-0.3, -0.25) is 0 Å². The average Bonchev–Trinajstić information content (AvgIpc) is 2.95. The Morgan fingerprint density at radius 1 is 1.43 bits per heavy atom. The van der Waals surface area contributed by atoms with Crippen LogP contribution in [-0.4, -0.2) is 25.3 Å². The summed E-state index contributed by atoms with van der Waals surface area (Å²) in [4.78, 5) is 0. The van der Waals surface area contributed by atoms with Gasteiger partial charge in [-0.15, -0.1) is 0 Å². The molecule has 1 saturated carbocycles. The van der Waals surface area contributed by atoms with Crippen molar-refractivity contribution >= 4 is 0 Å². The van der Waals surface area contributed by atoms with Crippen LogP contribution in [0.3, 0.4) is 0 Å². The predicted octanol–water partition coefficient (Wildman–Crippen LogP) is 2.58. The lowest BCUT2D eigenvalue weighted by Gasteiger charge is -2.33. The minimum atomic E-state index is -0.0368. The van der Waals surface area contributed by atoms with Crippen molar-refractivity contribution < 1.29 is 4.74 Å². The number of ether oxygens (including phenoxy) is 1. The first-order chi connectivity index (χ1) is 6.60. The second-order valence-corrected chi connectivity index (χ2v) is 4.94. The Bertz CT molecular complexity index is 164. The summed E-state index contributed by atoms with van der Waals surface area (Å²) in [5.74, 6) is 1.02. The quantitative estimate of drug-likeness (QED) is 0.680. The number of rotatable bonds is 7. The van der Waals surface area contributed by atoms with Gasteiger partial charge < -0.3 is 10.1 Å². The summed E-state index contributed by atoms with van der Waals surface area (Å²) in [5, 5.41) is 3.53. The van der Waals surface area contributed by atoms with E-state index in [-0.39, 0.29) is 5.60 Å². The van der Waals surface area contributed by atoms with E-state index in [1.165, 1.54) is 25.7 Å². The van der Waals surface area contributed by atoms with Crippen molar-refractivity contribution in [3.05, 3.63) is 0 Å². The molecule has 0 aromatic heterocycles. The third kappa shape index (κ3) is 3.58. The first-order valence-corrected chi connectivity index (χ1v) is 5.88. The van der Waals surface area contributed by atoms with Gasteiger partial charge in [-0.25, -0.2) is 0 Å². The lowest BCUT2D eigenvalue weighted by Crippen LogP contribution is -2.48. The van der Waals surface area contributed by atoms with Gasteiger partial charge >= 0.3 is 0 Å². The van der Waals surface area contributed by atoms with Crippen LogP contribution in [0, 0.1) is 5.92 Å². The van der Waals surface area contributed by atoms with Crippen LogP contribution in [0.15, 0.2) is 0 Å². The highest BCUT2D eigenvalue weighted by Crippen LogP contribution is 2.35. The predicted molar refractivity (Wildman–Crippen MR) is 60.5 cm³/mol. The lowest BCUT2D eigenvalue weighted by atomic mass is 9.93. The van der Waals surface area contributed by atoms with E-state index in [0.717, 1.165) is 12.5 Å². The van der Waals surface area contributed by atoms with Crippen molar-refractivity contribution in [1.82, 2.24) is 5.32 Å². The molecule has 0 aromatic rings. The molecule has 1 rings (SSSR count). The third-order valence-electron chi connectivity index (χ3n) is 3.38. The zero-order valence-corrected chi connectivity index (χ0v) is 10.1. The van der Waals surface area contributed by atoms with E-state index in [1.54, 1.807) is 0 Å². The summed E-state index contributed by atoms with van der Waals surface area (Å²) in [7, 11) is 1.81. The number of nitrogens with one attached hydrogen (secondary N) is 1. The Hall–Kier alpha value is -0.0800. The van der Waals surface area contributed by atoms with Crippen LogP contribution in [0.25, 0.3) is 0 Å². The molecule has 0 radical (unpaired) electrons.